The van der Waals surface area contributed by atoms with Crippen molar-refractivity contribution in [3.8, 4) is 0 Å². The van der Waals surface area contributed by atoms with Crippen LogP contribution in [0, 0.1) is 11.3 Å². The minimum atomic E-state index is -0.128. The zero-order valence-electron chi connectivity index (χ0n) is 15.8. The summed E-state index contributed by atoms with van der Waals surface area (Å²) >= 11 is 0. The minimum absolute atomic E-state index is 0.128. The Morgan fingerprint density at radius 3 is 2.23 bits per heavy atom. The van der Waals surface area contributed by atoms with E-state index in [1.165, 1.54) is 0 Å². The fourth-order valence-electron chi connectivity index (χ4n) is 2.02. The van der Waals surface area contributed by atoms with Gasteiger partial charge < -0.3 is 4.74 Å². The van der Waals surface area contributed by atoms with Crippen LogP contribution in [-0.4, -0.2) is 27.2 Å². The number of aryl methyl sites for hydroxylation is 1. The lowest BCUT2D eigenvalue weighted by Crippen LogP contribution is -2.29. The molecule has 0 atom stereocenters. The number of rotatable bonds is 9. The van der Waals surface area contributed by atoms with E-state index in [1.54, 1.807) is 0 Å². The van der Waals surface area contributed by atoms with E-state index in [9.17, 15) is 0 Å². The van der Waals surface area contributed by atoms with Gasteiger partial charge in [0.25, 0.3) is 0 Å². The molecule has 0 radical (unpaired) electrons. The van der Waals surface area contributed by atoms with Crippen LogP contribution < -0.4 is 0 Å². The molecule has 0 aliphatic rings. The zero-order chi connectivity index (χ0) is 17.0. The molecular formula is C18H35N3O. The lowest BCUT2D eigenvalue weighted by Gasteiger charge is -2.32. The van der Waals surface area contributed by atoms with E-state index in [0.29, 0.717) is 17.3 Å². The molecule has 128 valence electrons. The lowest BCUT2D eigenvalue weighted by atomic mass is 9.78. The summed E-state index contributed by atoms with van der Waals surface area (Å²) in [6, 6.07) is 0. The van der Waals surface area contributed by atoms with Crippen LogP contribution in [-0.2, 0) is 11.3 Å². The van der Waals surface area contributed by atoms with E-state index in [0.717, 1.165) is 31.7 Å². The first-order valence-corrected chi connectivity index (χ1v) is 8.57. The highest BCUT2D eigenvalue weighted by Gasteiger charge is 2.24. The Morgan fingerprint density at radius 2 is 1.73 bits per heavy atom. The van der Waals surface area contributed by atoms with Crippen LogP contribution in [0.4, 0.5) is 0 Å². The Morgan fingerprint density at radius 1 is 1.09 bits per heavy atom. The summed E-state index contributed by atoms with van der Waals surface area (Å²) in [6.07, 6.45) is 4.08. The zero-order valence-corrected chi connectivity index (χ0v) is 15.8. The van der Waals surface area contributed by atoms with Gasteiger partial charge in [0.05, 0.1) is 11.3 Å². The van der Waals surface area contributed by atoms with Gasteiger partial charge in [0.1, 0.15) is 0 Å². The second kappa shape index (κ2) is 7.58. The molecule has 0 aliphatic heterocycles. The van der Waals surface area contributed by atoms with Crippen molar-refractivity contribution in [1.82, 2.24) is 15.0 Å². The molecular weight excluding hydrogens is 274 g/mol. The minimum Gasteiger partial charge on any atom is -0.375 e. The number of aromatic nitrogens is 3. The van der Waals surface area contributed by atoms with Crippen molar-refractivity contribution in [3.05, 3.63) is 11.9 Å². The van der Waals surface area contributed by atoms with Gasteiger partial charge in [-0.3, -0.25) is 4.68 Å². The van der Waals surface area contributed by atoms with E-state index in [2.05, 4.69) is 65.7 Å². The predicted octanol–water partition coefficient (Wildman–Crippen LogP) is 4.66. The van der Waals surface area contributed by atoms with Gasteiger partial charge in [0.15, 0.2) is 0 Å². The third-order valence-corrected chi connectivity index (χ3v) is 4.89. The van der Waals surface area contributed by atoms with Crippen molar-refractivity contribution in [3.63, 3.8) is 0 Å². The maximum atomic E-state index is 6.13. The Labute approximate surface area is 136 Å². The van der Waals surface area contributed by atoms with Gasteiger partial charge in [-0.15, -0.1) is 5.10 Å². The molecule has 0 bridgehead atoms. The first-order valence-electron chi connectivity index (χ1n) is 8.57. The van der Waals surface area contributed by atoms with E-state index < -0.39 is 0 Å². The van der Waals surface area contributed by atoms with Crippen LogP contribution in [0.25, 0.3) is 0 Å². The summed E-state index contributed by atoms with van der Waals surface area (Å²) in [5, 5.41) is 8.40. The Bertz CT molecular complexity index is 447. The molecule has 1 rings (SSSR count). The number of hydrogen-bond donors (Lipinski definition) is 0. The summed E-state index contributed by atoms with van der Waals surface area (Å²) in [6.45, 7) is 19.5. The number of hydrogen-bond acceptors (Lipinski definition) is 3. The molecule has 1 heterocycles. The standard InChI is InChI=1S/C18H35N3O/c1-14(2)16-13-21(20-19-16)11-9-18(7,8)22-12-10-17(5,6)15(3)4/h13-15H,9-12H2,1-8H3. The summed E-state index contributed by atoms with van der Waals surface area (Å²) in [5.41, 5.74) is 1.25. The van der Waals surface area contributed by atoms with Crippen molar-refractivity contribution in [2.24, 2.45) is 11.3 Å². The third-order valence-electron chi connectivity index (χ3n) is 4.89. The lowest BCUT2D eigenvalue weighted by molar-refractivity contribution is -0.0408. The molecule has 4 heteroatoms. The highest BCUT2D eigenvalue weighted by atomic mass is 16.5. The quantitative estimate of drug-likeness (QED) is 0.666. The fraction of sp³-hybridized carbons (Fsp3) is 0.889. The first-order chi connectivity index (χ1) is 10.0. The number of nitrogens with zero attached hydrogens (tertiary/aromatic N) is 3. The Hall–Kier alpha value is -0.900. The largest absolute Gasteiger partial charge is 0.375 e. The van der Waals surface area contributed by atoms with Crippen molar-refractivity contribution in [2.75, 3.05) is 6.61 Å². The van der Waals surface area contributed by atoms with Crippen molar-refractivity contribution >= 4 is 0 Å². The SMILES string of the molecule is CC(C)c1cn(CCC(C)(C)OCCC(C)(C)C(C)C)nn1. The van der Waals surface area contributed by atoms with Crippen LogP contribution >= 0.6 is 0 Å². The Kier molecular flexibility index (Phi) is 6.60. The summed E-state index contributed by atoms with van der Waals surface area (Å²) < 4.78 is 8.06. The van der Waals surface area contributed by atoms with Gasteiger partial charge in [0, 0.05) is 19.3 Å². The van der Waals surface area contributed by atoms with Crippen molar-refractivity contribution in [2.45, 2.75) is 86.3 Å². The molecule has 0 saturated carbocycles. The van der Waals surface area contributed by atoms with Gasteiger partial charge in [-0.25, -0.2) is 0 Å². The van der Waals surface area contributed by atoms with Gasteiger partial charge in [0.2, 0.25) is 0 Å². The third kappa shape index (κ3) is 6.07. The highest BCUT2D eigenvalue weighted by Crippen LogP contribution is 2.30. The molecule has 1 aromatic rings. The smallest absolute Gasteiger partial charge is 0.0852 e. The predicted molar refractivity (Wildman–Crippen MR) is 92.0 cm³/mol. The molecule has 0 aliphatic carbocycles. The van der Waals surface area contributed by atoms with E-state index >= 15 is 0 Å². The van der Waals surface area contributed by atoms with Gasteiger partial charge >= 0.3 is 0 Å². The average molecular weight is 309 g/mol. The van der Waals surface area contributed by atoms with E-state index in [-0.39, 0.29) is 5.60 Å². The van der Waals surface area contributed by atoms with Crippen molar-refractivity contribution in [1.29, 1.82) is 0 Å². The monoisotopic (exact) mass is 309 g/mol. The highest BCUT2D eigenvalue weighted by molar-refractivity contribution is 4.98. The maximum absolute atomic E-state index is 6.13. The molecule has 0 N–H and O–H groups in total. The fourth-order valence-corrected chi connectivity index (χ4v) is 2.02. The maximum Gasteiger partial charge on any atom is 0.0852 e. The average Bonchev–Trinajstić information content (AvgIpc) is 2.84. The first kappa shape index (κ1) is 19.1. The molecule has 0 fully saturated rings. The van der Waals surface area contributed by atoms with Gasteiger partial charge in [-0.05, 0) is 43.9 Å². The van der Waals surface area contributed by atoms with E-state index in [1.807, 2.05) is 10.9 Å². The summed E-state index contributed by atoms with van der Waals surface area (Å²) in [5.74, 6) is 1.10. The van der Waals surface area contributed by atoms with Crippen LogP contribution in [0.15, 0.2) is 6.20 Å². The van der Waals surface area contributed by atoms with Gasteiger partial charge in [-0.1, -0.05) is 46.8 Å². The van der Waals surface area contributed by atoms with E-state index in [4.69, 9.17) is 4.74 Å². The second-order valence-electron chi connectivity index (χ2n) is 8.31. The molecule has 0 saturated heterocycles. The van der Waals surface area contributed by atoms with Crippen LogP contribution in [0.3, 0.4) is 0 Å². The topological polar surface area (TPSA) is 39.9 Å². The summed E-state index contributed by atoms with van der Waals surface area (Å²) in [7, 11) is 0. The van der Waals surface area contributed by atoms with Crippen LogP contribution in [0.1, 0.15) is 79.8 Å². The molecule has 0 aromatic carbocycles. The molecule has 4 nitrogen and oxygen atoms in total. The van der Waals surface area contributed by atoms with Crippen LogP contribution in [0.5, 0.6) is 0 Å². The van der Waals surface area contributed by atoms with Gasteiger partial charge in [-0.2, -0.15) is 0 Å². The number of ether oxygens (including phenoxy) is 1. The van der Waals surface area contributed by atoms with Crippen molar-refractivity contribution < 1.29 is 4.74 Å². The van der Waals surface area contributed by atoms with Crippen LogP contribution in [0.2, 0.25) is 0 Å². The second-order valence-corrected chi connectivity index (χ2v) is 8.31. The molecule has 0 amide bonds. The summed E-state index contributed by atoms with van der Waals surface area (Å²) in [4.78, 5) is 0. The molecule has 0 unspecified atom stereocenters. The molecule has 0 spiro atoms. The molecule has 22 heavy (non-hydrogen) atoms. The normalized spacial score (nSPS) is 13.4. The molecule has 1 aromatic heterocycles. The Balaban J connectivity index is 2.40.